The minimum Gasteiger partial charge on any atom is -0.495 e. The van der Waals surface area contributed by atoms with Gasteiger partial charge in [-0.2, -0.15) is 0 Å². The number of sulfonamides is 1. The minimum absolute atomic E-state index is 0.0126. The van der Waals surface area contributed by atoms with Crippen LogP contribution in [0.25, 0.3) is 0 Å². The maximum absolute atomic E-state index is 12.7. The molecule has 1 atom stereocenters. The molecule has 0 bridgehead atoms. The van der Waals surface area contributed by atoms with Crippen LogP contribution in [0.15, 0.2) is 35.2 Å². The Hall–Kier alpha value is -1.65. The van der Waals surface area contributed by atoms with Crippen molar-refractivity contribution in [1.29, 1.82) is 0 Å². The molecule has 0 aliphatic carbocycles. The van der Waals surface area contributed by atoms with Gasteiger partial charge in [0.2, 0.25) is 10.0 Å². The van der Waals surface area contributed by atoms with Crippen LogP contribution in [0, 0.1) is 0 Å². The van der Waals surface area contributed by atoms with Crippen molar-refractivity contribution >= 4 is 38.9 Å². The zero-order chi connectivity index (χ0) is 19.3. The maximum Gasteiger partial charge on any atom is 0.337 e. The number of esters is 1. The first-order valence-electron chi connectivity index (χ1n) is 7.36. The van der Waals surface area contributed by atoms with Gasteiger partial charge in [0.15, 0.2) is 0 Å². The first-order chi connectivity index (χ1) is 12.3. The van der Waals surface area contributed by atoms with E-state index in [4.69, 9.17) is 21.1 Å². The van der Waals surface area contributed by atoms with Gasteiger partial charge in [0.05, 0.1) is 24.1 Å². The topological polar surface area (TPSA) is 90.9 Å². The third-order valence-electron chi connectivity index (χ3n) is 3.53. The van der Waals surface area contributed by atoms with Crippen molar-refractivity contribution in [3.8, 4) is 5.75 Å². The maximum atomic E-state index is 12.7. The molecular formula is C16H18ClNO6S2. The number of thiophene rings is 1. The Kier molecular flexibility index (Phi) is 7.01. The number of nitrogens with one attached hydrogen (secondary N) is 1. The molecule has 0 radical (unpaired) electrons. The predicted octanol–water partition coefficient (Wildman–Crippen LogP) is 2.86. The van der Waals surface area contributed by atoms with Crippen molar-refractivity contribution in [1.82, 2.24) is 4.72 Å². The van der Waals surface area contributed by atoms with E-state index in [-0.39, 0.29) is 22.8 Å². The fourth-order valence-electron chi connectivity index (χ4n) is 2.20. The summed E-state index contributed by atoms with van der Waals surface area (Å²) in [5.41, 5.74) is 0.0991. The number of benzene rings is 1. The van der Waals surface area contributed by atoms with Crippen LogP contribution in [-0.2, 0) is 19.5 Å². The number of hydrogen-bond donors (Lipinski definition) is 1. The van der Waals surface area contributed by atoms with Gasteiger partial charge in [-0.1, -0.05) is 11.6 Å². The molecule has 0 aliphatic heterocycles. The third-order valence-corrected chi connectivity index (χ3v) is 6.30. The van der Waals surface area contributed by atoms with E-state index in [0.717, 1.165) is 4.88 Å². The fourth-order valence-corrected chi connectivity index (χ4v) is 4.56. The van der Waals surface area contributed by atoms with Crippen LogP contribution in [0.1, 0.15) is 21.3 Å². The van der Waals surface area contributed by atoms with Crippen molar-refractivity contribution in [3.63, 3.8) is 0 Å². The summed E-state index contributed by atoms with van der Waals surface area (Å²) in [5.74, 6) is -0.537. The molecule has 1 N–H and O–H groups in total. The molecule has 2 aromatic rings. The molecule has 1 unspecified atom stereocenters. The van der Waals surface area contributed by atoms with Crippen molar-refractivity contribution < 1.29 is 27.4 Å². The minimum atomic E-state index is -3.96. The number of ether oxygens (including phenoxy) is 3. The average molecular weight is 420 g/mol. The van der Waals surface area contributed by atoms with Crippen LogP contribution in [0.2, 0.25) is 4.34 Å². The van der Waals surface area contributed by atoms with Gasteiger partial charge in [-0.05, 0) is 30.3 Å². The summed E-state index contributed by atoms with van der Waals surface area (Å²) >= 11 is 7.22. The molecule has 10 heteroatoms. The molecule has 1 aromatic carbocycles. The number of hydrogen-bond acceptors (Lipinski definition) is 7. The largest absolute Gasteiger partial charge is 0.495 e. The Morgan fingerprint density at radius 1 is 1.23 bits per heavy atom. The lowest BCUT2D eigenvalue weighted by Crippen LogP contribution is -2.29. The lowest BCUT2D eigenvalue weighted by atomic mass is 10.2. The zero-order valence-electron chi connectivity index (χ0n) is 14.3. The third kappa shape index (κ3) is 4.74. The van der Waals surface area contributed by atoms with Crippen LogP contribution in [0.5, 0.6) is 5.75 Å². The first kappa shape index (κ1) is 20.7. The van der Waals surface area contributed by atoms with Gasteiger partial charge >= 0.3 is 5.97 Å². The van der Waals surface area contributed by atoms with E-state index in [2.05, 4.69) is 9.46 Å². The Morgan fingerprint density at radius 2 is 1.96 bits per heavy atom. The van der Waals surface area contributed by atoms with Gasteiger partial charge in [0.1, 0.15) is 16.7 Å². The molecule has 26 heavy (non-hydrogen) atoms. The molecule has 142 valence electrons. The Bertz CT molecular complexity index is 881. The SMILES string of the molecule is COC(=O)c1ccc(OC)c(S(=O)(=O)NCC(OC)c2ccc(Cl)s2)c1. The lowest BCUT2D eigenvalue weighted by Gasteiger charge is -2.16. The monoisotopic (exact) mass is 419 g/mol. The second kappa shape index (κ2) is 8.83. The van der Waals surface area contributed by atoms with Gasteiger partial charge in [-0.25, -0.2) is 17.9 Å². The summed E-state index contributed by atoms with van der Waals surface area (Å²) in [5, 5.41) is 0. The fraction of sp³-hybridized carbons (Fsp3) is 0.312. The van der Waals surface area contributed by atoms with Crippen molar-refractivity contribution in [3.05, 3.63) is 45.1 Å². The van der Waals surface area contributed by atoms with Crippen LogP contribution in [0.4, 0.5) is 0 Å². The number of rotatable bonds is 8. The highest BCUT2D eigenvalue weighted by Crippen LogP contribution is 2.29. The average Bonchev–Trinajstić information content (AvgIpc) is 3.07. The molecule has 2 rings (SSSR count). The van der Waals surface area contributed by atoms with Gasteiger partial charge in [-0.15, -0.1) is 11.3 Å². The second-order valence-electron chi connectivity index (χ2n) is 5.08. The number of carbonyl (C=O) groups excluding carboxylic acids is 1. The van der Waals surface area contributed by atoms with Crippen LogP contribution < -0.4 is 9.46 Å². The Morgan fingerprint density at radius 3 is 2.50 bits per heavy atom. The quantitative estimate of drug-likeness (QED) is 0.661. The van der Waals surface area contributed by atoms with E-state index in [1.54, 1.807) is 12.1 Å². The molecule has 7 nitrogen and oxygen atoms in total. The van der Waals surface area contributed by atoms with Gasteiger partial charge in [0.25, 0.3) is 0 Å². The van der Waals surface area contributed by atoms with Crippen LogP contribution >= 0.6 is 22.9 Å². The zero-order valence-corrected chi connectivity index (χ0v) is 16.7. The molecule has 0 saturated heterocycles. The van der Waals surface area contributed by atoms with Crippen molar-refractivity contribution in [2.24, 2.45) is 0 Å². The first-order valence-corrected chi connectivity index (χ1v) is 10.0. The molecular weight excluding hydrogens is 402 g/mol. The molecule has 0 aliphatic rings. The van der Waals surface area contributed by atoms with Gasteiger partial charge in [0, 0.05) is 18.5 Å². The molecule has 0 fully saturated rings. The second-order valence-corrected chi connectivity index (χ2v) is 8.56. The smallest absolute Gasteiger partial charge is 0.337 e. The standard InChI is InChI=1S/C16H18ClNO6S2/c1-22-11-5-4-10(16(19)24-3)8-14(11)26(20,21)18-9-12(23-2)13-6-7-15(17)25-13/h4-8,12,18H,9H2,1-3H3. The summed E-state index contributed by atoms with van der Waals surface area (Å²) in [6.45, 7) is -0.0126. The van der Waals surface area contributed by atoms with E-state index in [0.29, 0.717) is 4.34 Å². The molecule has 0 saturated carbocycles. The lowest BCUT2D eigenvalue weighted by molar-refractivity contribution is 0.0600. The number of halogens is 1. The molecule has 1 heterocycles. The summed E-state index contributed by atoms with van der Waals surface area (Å²) < 4.78 is 43.5. The van der Waals surface area contributed by atoms with E-state index in [1.807, 2.05) is 0 Å². The molecule has 1 aromatic heterocycles. The Labute approximate surface area is 160 Å². The van der Waals surface area contributed by atoms with E-state index in [9.17, 15) is 13.2 Å². The number of methoxy groups -OCH3 is 3. The van der Waals surface area contributed by atoms with Crippen LogP contribution in [-0.4, -0.2) is 42.3 Å². The van der Waals surface area contributed by atoms with E-state index < -0.39 is 22.1 Å². The normalized spacial score (nSPS) is 12.6. The Balaban J connectivity index is 2.27. The van der Waals surface area contributed by atoms with Gasteiger partial charge in [-0.3, -0.25) is 0 Å². The molecule has 0 amide bonds. The van der Waals surface area contributed by atoms with Gasteiger partial charge < -0.3 is 14.2 Å². The summed E-state index contributed by atoms with van der Waals surface area (Å²) in [4.78, 5) is 12.3. The highest BCUT2D eigenvalue weighted by molar-refractivity contribution is 7.89. The predicted molar refractivity (Wildman–Crippen MR) is 98.6 cm³/mol. The van der Waals surface area contributed by atoms with Crippen molar-refractivity contribution in [2.75, 3.05) is 27.9 Å². The highest BCUT2D eigenvalue weighted by Gasteiger charge is 2.24. The van der Waals surface area contributed by atoms with E-state index in [1.165, 1.54) is 50.9 Å². The number of carbonyl (C=O) groups is 1. The summed E-state index contributed by atoms with van der Waals surface area (Å²) in [7, 11) is 0.0741. The van der Waals surface area contributed by atoms with Crippen LogP contribution in [0.3, 0.4) is 0 Å². The van der Waals surface area contributed by atoms with E-state index >= 15 is 0 Å². The highest BCUT2D eigenvalue weighted by atomic mass is 35.5. The molecule has 0 spiro atoms. The summed E-state index contributed by atoms with van der Waals surface area (Å²) in [6, 6.07) is 7.51. The van der Waals surface area contributed by atoms with Crippen molar-refractivity contribution in [2.45, 2.75) is 11.0 Å². The summed E-state index contributed by atoms with van der Waals surface area (Å²) in [6.07, 6.45) is -0.503.